The average Bonchev–Trinajstić information content (AvgIpc) is 3.21. The lowest BCUT2D eigenvalue weighted by atomic mass is 9.70. The van der Waals surface area contributed by atoms with Gasteiger partial charge in [0.2, 0.25) is 5.91 Å². The fourth-order valence-corrected chi connectivity index (χ4v) is 7.80. The third-order valence-electron chi connectivity index (χ3n) is 8.39. The maximum atomic E-state index is 13.9. The van der Waals surface area contributed by atoms with Crippen molar-refractivity contribution in [2.45, 2.75) is 56.2 Å². The lowest BCUT2D eigenvalue weighted by Gasteiger charge is -2.62. The fraction of sp³-hybridized carbons (Fsp3) is 0.615. The van der Waals surface area contributed by atoms with E-state index in [0.29, 0.717) is 39.0 Å². The number of ether oxygens (including phenoxy) is 1. The monoisotopic (exact) mass is 574 g/mol. The van der Waals surface area contributed by atoms with Crippen molar-refractivity contribution in [3.63, 3.8) is 0 Å². The number of hydrogen-bond donors (Lipinski definition) is 1. The number of pyridine rings is 1. The molecule has 6 nitrogen and oxygen atoms in total. The number of rotatable bonds is 6. The molecule has 4 aliphatic heterocycles. The Bertz CT molecular complexity index is 1280. The van der Waals surface area contributed by atoms with Crippen molar-refractivity contribution in [3.8, 4) is 0 Å². The number of likely N-dealkylation sites (tertiary alicyclic amines) is 1. The summed E-state index contributed by atoms with van der Waals surface area (Å²) in [7, 11) is 0. The number of thiophene rings is 1. The number of hydrogen-bond acceptors (Lipinski definition) is 6. The smallest absolute Gasteiger partial charge is 0.373 e. The van der Waals surface area contributed by atoms with Crippen molar-refractivity contribution in [1.82, 2.24) is 15.2 Å². The number of piperidine rings is 2. The van der Waals surface area contributed by atoms with E-state index in [1.165, 1.54) is 6.07 Å². The molecule has 5 fully saturated rings. The van der Waals surface area contributed by atoms with Crippen LogP contribution in [0.4, 0.5) is 32.0 Å². The molecular formula is C26H28F6N4O2S. The number of anilines is 1. The van der Waals surface area contributed by atoms with Gasteiger partial charge in [-0.05, 0) is 31.2 Å². The van der Waals surface area contributed by atoms with E-state index in [4.69, 9.17) is 4.74 Å². The predicted molar refractivity (Wildman–Crippen MR) is 134 cm³/mol. The zero-order valence-electron chi connectivity index (χ0n) is 20.9. The molecule has 0 radical (unpaired) electrons. The second-order valence-corrected chi connectivity index (χ2v) is 12.4. The molecule has 2 bridgehead atoms. The van der Waals surface area contributed by atoms with Crippen LogP contribution in [-0.4, -0.2) is 72.9 Å². The number of nitrogens with one attached hydrogen (secondary N) is 1. The molecule has 5 aliphatic rings. The van der Waals surface area contributed by atoms with Gasteiger partial charge in [0.25, 0.3) is 0 Å². The molecule has 39 heavy (non-hydrogen) atoms. The van der Waals surface area contributed by atoms with E-state index in [1.54, 1.807) is 15.9 Å². The molecule has 6 heterocycles. The van der Waals surface area contributed by atoms with Crippen LogP contribution in [0.2, 0.25) is 0 Å². The number of fused-ring (bicyclic) bond motifs is 4. The molecule has 13 heteroatoms. The van der Waals surface area contributed by atoms with Crippen molar-refractivity contribution >= 4 is 33.1 Å². The van der Waals surface area contributed by atoms with Crippen molar-refractivity contribution in [3.05, 3.63) is 35.4 Å². The number of nitrogens with zero attached hydrogens (tertiary/aromatic N) is 3. The number of halogens is 6. The highest BCUT2D eigenvalue weighted by Crippen LogP contribution is 2.49. The summed E-state index contributed by atoms with van der Waals surface area (Å²) in [6.07, 6.45) is -5.20. The third kappa shape index (κ3) is 4.90. The Balaban J connectivity index is 1.14. The summed E-state index contributed by atoms with van der Waals surface area (Å²) < 4.78 is 86.3. The fourth-order valence-electron chi connectivity index (χ4n) is 6.77. The first kappa shape index (κ1) is 26.8. The van der Waals surface area contributed by atoms with Crippen molar-refractivity contribution in [2.75, 3.05) is 37.7 Å². The topological polar surface area (TPSA) is 57.7 Å². The van der Waals surface area contributed by atoms with Crippen LogP contribution in [0, 0.1) is 11.3 Å². The van der Waals surface area contributed by atoms with Gasteiger partial charge < -0.3 is 19.9 Å². The van der Waals surface area contributed by atoms with Gasteiger partial charge >= 0.3 is 12.4 Å². The summed E-state index contributed by atoms with van der Waals surface area (Å²) in [6, 6.07) is 1.01. The number of aromatic nitrogens is 1. The highest BCUT2D eigenvalue weighted by Gasteiger charge is 2.56. The molecule has 0 aromatic carbocycles. The van der Waals surface area contributed by atoms with Crippen LogP contribution >= 0.6 is 11.3 Å². The Morgan fingerprint density at radius 3 is 2.56 bits per heavy atom. The van der Waals surface area contributed by atoms with Crippen LogP contribution in [0.25, 0.3) is 10.2 Å². The van der Waals surface area contributed by atoms with E-state index in [2.05, 4.69) is 16.9 Å². The van der Waals surface area contributed by atoms with Gasteiger partial charge in [-0.1, -0.05) is 6.08 Å². The van der Waals surface area contributed by atoms with Crippen molar-refractivity contribution < 1.29 is 35.9 Å². The molecule has 4 saturated heterocycles. The van der Waals surface area contributed by atoms with Crippen LogP contribution in [0.5, 0.6) is 0 Å². The SMILES string of the molecule is C=CCO[C@H]1C[C@H]2CC[C@@H]1N[C@@H]2C(=O)N1CC2(C1)CN(c1c(C(F)(F)F)cnc3sc(CC(F)(F)F)cc13)C2. The molecule has 2 aromatic heterocycles. The first-order chi connectivity index (χ1) is 18.4. The summed E-state index contributed by atoms with van der Waals surface area (Å²) in [5.41, 5.74) is -1.39. The van der Waals surface area contributed by atoms with Gasteiger partial charge in [0.1, 0.15) is 4.83 Å². The van der Waals surface area contributed by atoms with Gasteiger partial charge in [-0.2, -0.15) is 26.3 Å². The zero-order chi connectivity index (χ0) is 27.7. The molecule has 1 amide bonds. The maximum absolute atomic E-state index is 13.9. The van der Waals surface area contributed by atoms with Crippen molar-refractivity contribution in [2.24, 2.45) is 11.3 Å². The van der Waals surface area contributed by atoms with Gasteiger partial charge in [0.15, 0.2) is 0 Å². The van der Waals surface area contributed by atoms with E-state index in [-0.39, 0.29) is 56.2 Å². The van der Waals surface area contributed by atoms with Crippen LogP contribution in [0.3, 0.4) is 0 Å². The first-order valence-corrected chi connectivity index (χ1v) is 13.8. The van der Waals surface area contributed by atoms with Gasteiger partial charge in [-0.3, -0.25) is 4.79 Å². The highest BCUT2D eigenvalue weighted by atomic mass is 32.1. The number of carbonyl (C=O) groups is 1. The number of alkyl halides is 6. The summed E-state index contributed by atoms with van der Waals surface area (Å²) in [6.45, 7) is 5.64. The van der Waals surface area contributed by atoms with Crippen LogP contribution in [-0.2, 0) is 22.1 Å². The third-order valence-corrected chi connectivity index (χ3v) is 9.43. The minimum Gasteiger partial charge on any atom is -0.373 e. The molecule has 0 unspecified atom stereocenters. The van der Waals surface area contributed by atoms with Gasteiger partial charge in [0.05, 0.1) is 36.4 Å². The molecule has 1 spiro atoms. The van der Waals surface area contributed by atoms with E-state index in [9.17, 15) is 31.1 Å². The lowest BCUT2D eigenvalue weighted by Crippen LogP contribution is -2.75. The molecule has 4 atom stereocenters. The van der Waals surface area contributed by atoms with Gasteiger partial charge in [0, 0.05) is 54.1 Å². The molecular weight excluding hydrogens is 546 g/mol. The van der Waals surface area contributed by atoms with Gasteiger partial charge in [-0.25, -0.2) is 4.98 Å². The molecule has 1 aliphatic carbocycles. The van der Waals surface area contributed by atoms with Crippen LogP contribution in [0.1, 0.15) is 29.7 Å². The predicted octanol–water partition coefficient (Wildman–Crippen LogP) is 4.78. The average molecular weight is 575 g/mol. The van der Waals surface area contributed by atoms with Gasteiger partial charge in [-0.15, -0.1) is 17.9 Å². The second-order valence-electron chi connectivity index (χ2n) is 11.3. The molecule has 7 rings (SSSR count). The molecule has 1 saturated carbocycles. The standard InChI is InChI=1S/C26H28F6N4O2S/c1-2-5-38-19-6-14-3-4-18(19)34-20(14)23(37)36-12-24(13-36)10-35(11-24)21-16-7-15(8-25(27,28)29)39-22(16)33-9-17(21)26(30,31)32/h2,7,9,14,18-20,34H,1,3-6,8,10-13H2/t14-,18+,19+,20+/m1/s1. The molecule has 1 N–H and O–H groups in total. The zero-order valence-corrected chi connectivity index (χ0v) is 21.8. The largest absolute Gasteiger partial charge is 0.419 e. The second kappa shape index (κ2) is 9.34. The lowest BCUT2D eigenvalue weighted by molar-refractivity contribution is -0.154. The Morgan fingerprint density at radius 1 is 1.21 bits per heavy atom. The minimum atomic E-state index is -4.70. The quantitative estimate of drug-likeness (QED) is 0.398. The maximum Gasteiger partial charge on any atom is 0.419 e. The Labute approximate surface area is 225 Å². The normalized spacial score (nSPS) is 28.1. The summed E-state index contributed by atoms with van der Waals surface area (Å²) in [4.78, 5) is 20.5. The Morgan fingerprint density at radius 2 is 1.95 bits per heavy atom. The van der Waals surface area contributed by atoms with E-state index < -0.39 is 24.3 Å². The first-order valence-electron chi connectivity index (χ1n) is 12.9. The highest BCUT2D eigenvalue weighted by molar-refractivity contribution is 7.18. The molecule has 212 valence electrons. The summed E-state index contributed by atoms with van der Waals surface area (Å²) in [5, 5.41) is 3.54. The summed E-state index contributed by atoms with van der Waals surface area (Å²) in [5.74, 6) is 0.198. The summed E-state index contributed by atoms with van der Waals surface area (Å²) >= 11 is 0.761. The van der Waals surface area contributed by atoms with Crippen molar-refractivity contribution in [1.29, 1.82) is 0 Å². The minimum absolute atomic E-state index is 0.0212. The Hall–Kier alpha value is -2.38. The van der Waals surface area contributed by atoms with Crippen LogP contribution < -0.4 is 10.2 Å². The number of amides is 1. The van der Waals surface area contributed by atoms with E-state index in [1.807, 2.05) is 0 Å². The van der Waals surface area contributed by atoms with E-state index >= 15 is 0 Å². The Kier molecular flexibility index (Phi) is 6.42. The van der Waals surface area contributed by atoms with Crippen LogP contribution in [0.15, 0.2) is 24.9 Å². The molecule has 2 aromatic rings. The number of carbonyl (C=O) groups excluding carboxylic acids is 1. The van der Waals surface area contributed by atoms with E-state index in [0.717, 1.165) is 30.6 Å².